The van der Waals surface area contributed by atoms with E-state index in [1.807, 2.05) is 6.92 Å². The molecule has 0 aromatic heterocycles. The van der Waals surface area contributed by atoms with Crippen molar-refractivity contribution in [3.05, 3.63) is 0 Å². The lowest BCUT2D eigenvalue weighted by molar-refractivity contribution is -0.154. The maximum Gasteiger partial charge on any atom is 0.391 e. The highest BCUT2D eigenvalue weighted by molar-refractivity contribution is 4.64. The second-order valence-corrected chi connectivity index (χ2v) is 2.83. The van der Waals surface area contributed by atoms with Gasteiger partial charge in [0.2, 0.25) is 0 Å². The van der Waals surface area contributed by atoms with Crippen molar-refractivity contribution in [1.29, 1.82) is 0 Å². The molecule has 0 radical (unpaired) electrons. The lowest BCUT2D eigenvalue weighted by Gasteiger charge is -2.19. The molecule has 0 aliphatic heterocycles. The smallest absolute Gasteiger partial charge is 0.391 e. The van der Waals surface area contributed by atoms with Crippen LogP contribution in [0.1, 0.15) is 13.3 Å². The van der Waals surface area contributed by atoms with E-state index < -0.39 is 18.7 Å². The molecule has 0 aliphatic rings. The van der Waals surface area contributed by atoms with Crippen molar-refractivity contribution < 1.29 is 18.3 Å². The summed E-state index contributed by atoms with van der Waals surface area (Å²) in [7, 11) is 1.67. The lowest BCUT2D eigenvalue weighted by atomic mass is 10.2. The van der Waals surface area contributed by atoms with Crippen LogP contribution in [0.25, 0.3) is 0 Å². The SMILES string of the molecule is CCN(C)CC(O)CC(F)(F)F. The third-order valence-electron chi connectivity index (χ3n) is 1.53. The minimum Gasteiger partial charge on any atom is -0.391 e. The van der Waals surface area contributed by atoms with Crippen LogP contribution in [0.5, 0.6) is 0 Å². The van der Waals surface area contributed by atoms with E-state index in [9.17, 15) is 13.2 Å². The average molecular weight is 185 g/mol. The molecule has 1 N–H and O–H groups in total. The first-order valence-corrected chi connectivity index (χ1v) is 3.78. The van der Waals surface area contributed by atoms with E-state index in [1.165, 1.54) is 0 Å². The van der Waals surface area contributed by atoms with Gasteiger partial charge in [-0.05, 0) is 13.6 Å². The number of nitrogens with zero attached hydrogens (tertiary/aromatic N) is 1. The van der Waals surface area contributed by atoms with Gasteiger partial charge in [-0.2, -0.15) is 13.2 Å². The van der Waals surface area contributed by atoms with Crippen molar-refractivity contribution in [2.24, 2.45) is 0 Å². The molecule has 2 nitrogen and oxygen atoms in total. The topological polar surface area (TPSA) is 23.5 Å². The van der Waals surface area contributed by atoms with Crippen LogP contribution in [-0.2, 0) is 0 Å². The Hall–Kier alpha value is -0.290. The highest BCUT2D eigenvalue weighted by Gasteiger charge is 2.31. The highest BCUT2D eigenvalue weighted by atomic mass is 19.4. The maximum atomic E-state index is 11.7. The first-order valence-electron chi connectivity index (χ1n) is 3.78. The fourth-order valence-electron chi connectivity index (χ4n) is 0.821. The lowest BCUT2D eigenvalue weighted by Crippen LogP contribution is -2.32. The summed E-state index contributed by atoms with van der Waals surface area (Å²) < 4.78 is 35.0. The van der Waals surface area contributed by atoms with E-state index in [-0.39, 0.29) is 6.54 Å². The van der Waals surface area contributed by atoms with Gasteiger partial charge in [0.15, 0.2) is 0 Å². The summed E-state index contributed by atoms with van der Waals surface area (Å²) in [5.74, 6) is 0. The number of likely N-dealkylation sites (N-methyl/N-ethyl adjacent to an activating group) is 1. The van der Waals surface area contributed by atoms with Crippen LogP contribution < -0.4 is 0 Å². The summed E-state index contributed by atoms with van der Waals surface area (Å²) in [5.41, 5.74) is 0. The fourth-order valence-corrected chi connectivity index (χ4v) is 0.821. The van der Waals surface area contributed by atoms with Crippen molar-refractivity contribution in [3.63, 3.8) is 0 Å². The van der Waals surface area contributed by atoms with Gasteiger partial charge in [0, 0.05) is 6.54 Å². The predicted octanol–water partition coefficient (Wildman–Crippen LogP) is 1.25. The van der Waals surface area contributed by atoms with Crippen molar-refractivity contribution >= 4 is 0 Å². The predicted molar refractivity (Wildman–Crippen MR) is 39.8 cm³/mol. The Kier molecular flexibility index (Phi) is 4.55. The van der Waals surface area contributed by atoms with Gasteiger partial charge in [-0.1, -0.05) is 6.92 Å². The van der Waals surface area contributed by atoms with Gasteiger partial charge in [0.25, 0.3) is 0 Å². The van der Waals surface area contributed by atoms with E-state index in [2.05, 4.69) is 0 Å². The molecule has 0 saturated carbocycles. The monoisotopic (exact) mass is 185 g/mol. The molecule has 5 heteroatoms. The molecule has 0 heterocycles. The molecule has 12 heavy (non-hydrogen) atoms. The Morgan fingerprint density at radius 3 is 2.25 bits per heavy atom. The first kappa shape index (κ1) is 11.7. The minimum absolute atomic E-state index is 0.0655. The highest BCUT2D eigenvalue weighted by Crippen LogP contribution is 2.21. The second kappa shape index (κ2) is 4.67. The molecule has 0 aliphatic carbocycles. The van der Waals surface area contributed by atoms with Gasteiger partial charge in [0.05, 0.1) is 12.5 Å². The molecule has 0 bridgehead atoms. The molecule has 0 fully saturated rings. The molecule has 0 amide bonds. The Bertz CT molecular complexity index is 126. The zero-order valence-corrected chi connectivity index (χ0v) is 7.23. The normalized spacial score (nSPS) is 15.2. The Balaban J connectivity index is 3.66. The molecular formula is C7H14F3NO. The third-order valence-corrected chi connectivity index (χ3v) is 1.53. The van der Waals surface area contributed by atoms with E-state index in [0.717, 1.165) is 0 Å². The number of halogens is 3. The number of alkyl halides is 3. The van der Waals surface area contributed by atoms with E-state index >= 15 is 0 Å². The number of aliphatic hydroxyl groups is 1. The largest absolute Gasteiger partial charge is 0.391 e. The van der Waals surface area contributed by atoms with Gasteiger partial charge in [-0.25, -0.2) is 0 Å². The second-order valence-electron chi connectivity index (χ2n) is 2.83. The van der Waals surface area contributed by atoms with Crippen molar-refractivity contribution in [1.82, 2.24) is 4.90 Å². The Morgan fingerprint density at radius 1 is 1.42 bits per heavy atom. The summed E-state index contributed by atoms with van der Waals surface area (Å²) in [5, 5.41) is 8.92. The summed E-state index contributed by atoms with van der Waals surface area (Å²) >= 11 is 0. The summed E-state index contributed by atoms with van der Waals surface area (Å²) in [6.45, 7) is 2.52. The Labute approximate surface area is 70.0 Å². The van der Waals surface area contributed by atoms with E-state index in [4.69, 9.17) is 5.11 Å². The van der Waals surface area contributed by atoms with E-state index in [0.29, 0.717) is 6.54 Å². The van der Waals surface area contributed by atoms with Crippen LogP contribution in [-0.4, -0.2) is 42.4 Å². The van der Waals surface area contributed by atoms with Crippen molar-refractivity contribution in [3.8, 4) is 0 Å². The molecule has 0 aromatic rings. The van der Waals surface area contributed by atoms with Crippen LogP contribution in [0.3, 0.4) is 0 Å². The van der Waals surface area contributed by atoms with Gasteiger partial charge in [-0.3, -0.25) is 0 Å². The molecular weight excluding hydrogens is 171 g/mol. The van der Waals surface area contributed by atoms with Crippen LogP contribution in [0.2, 0.25) is 0 Å². The summed E-state index contributed by atoms with van der Waals surface area (Å²) in [6, 6.07) is 0. The molecule has 1 unspecified atom stereocenters. The molecule has 0 aromatic carbocycles. The number of hydrogen-bond donors (Lipinski definition) is 1. The zero-order valence-electron chi connectivity index (χ0n) is 7.23. The van der Waals surface area contributed by atoms with Crippen molar-refractivity contribution in [2.75, 3.05) is 20.1 Å². The average Bonchev–Trinajstić information content (AvgIpc) is 1.82. The molecule has 74 valence electrons. The number of aliphatic hydroxyl groups excluding tert-OH is 1. The van der Waals surface area contributed by atoms with E-state index in [1.54, 1.807) is 11.9 Å². The van der Waals surface area contributed by atoms with Crippen LogP contribution in [0.15, 0.2) is 0 Å². The molecule has 0 rings (SSSR count). The van der Waals surface area contributed by atoms with Gasteiger partial charge in [0.1, 0.15) is 0 Å². The first-order chi connectivity index (χ1) is 5.35. The third kappa shape index (κ3) is 6.42. The fraction of sp³-hybridized carbons (Fsp3) is 1.00. The summed E-state index contributed by atoms with van der Waals surface area (Å²) in [6.07, 6.45) is -6.71. The quantitative estimate of drug-likeness (QED) is 0.712. The van der Waals surface area contributed by atoms with Crippen LogP contribution >= 0.6 is 0 Å². The Morgan fingerprint density at radius 2 is 1.92 bits per heavy atom. The number of hydrogen-bond acceptors (Lipinski definition) is 2. The molecule has 0 saturated heterocycles. The van der Waals surface area contributed by atoms with Gasteiger partial charge < -0.3 is 10.0 Å². The zero-order chi connectivity index (χ0) is 9.78. The van der Waals surface area contributed by atoms with Gasteiger partial charge in [-0.15, -0.1) is 0 Å². The number of rotatable bonds is 4. The standard InChI is InChI=1S/C7H14F3NO/c1-3-11(2)5-6(12)4-7(8,9)10/h6,12H,3-5H2,1-2H3. The van der Waals surface area contributed by atoms with Gasteiger partial charge >= 0.3 is 6.18 Å². The van der Waals surface area contributed by atoms with Crippen LogP contribution in [0.4, 0.5) is 13.2 Å². The van der Waals surface area contributed by atoms with Crippen LogP contribution in [0, 0.1) is 0 Å². The molecule has 0 spiro atoms. The van der Waals surface area contributed by atoms with Crippen molar-refractivity contribution in [2.45, 2.75) is 25.6 Å². The maximum absolute atomic E-state index is 11.7. The minimum atomic E-state index is -4.27. The molecule has 1 atom stereocenters. The summed E-state index contributed by atoms with van der Waals surface area (Å²) in [4.78, 5) is 1.64.